The van der Waals surface area contributed by atoms with Crippen molar-refractivity contribution in [3.63, 3.8) is 0 Å². The Hall–Kier alpha value is -1.98. The lowest BCUT2D eigenvalue weighted by Gasteiger charge is -2.28. The fourth-order valence-electron chi connectivity index (χ4n) is 3.36. The second kappa shape index (κ2) is 11.4. The summed E-state index contributed by atoms with van der Waals surface area (Å²) in [7, 11) is 2.03. The number of nitrogens with two attached hydrogens (primary N) is 1. The molecule has 2 heterocycles. The predicted molar refractivity (Wildman–Crippen MR) is 125 cm³/mol. The van der Waals surface area contributed by atoms with Crippen LogP contribution in [0.5, 0.6) is 5.75 Å². The molecule has 0 saturated heterocycles. The standard InChI is InChI=1S/C18H23N7OS2.C2H6/c1-20-12-5-7-13(8-6-12)26-14-4-2-3-11-9-21-17(24-16(11)14)23-15-10-22-18(27-15)28-25-19;1-2/h2-4,9-10,12-13,20,25H,5-8,19H2,1H3,(H,21,23,24);1-2H3. The molecule has 10 heteroatoms. The molecule has 0 radical (unpaired) electrons. The van der Waals surface area contributed by atoms with Gasteiger partial charge in [-0.1, -0.05) is 37.3 Å². The minimum Gasteiger partial charge on any atom is -0.488 e. The van der Waals surface area contributed by atoms with E-state index in [9.17, 15) is 0 Å². The van der Waals surface area contributed by atoms with Crippen molar-refractivity contribution in [2.75, 3.05) is 12.4 Å². The number of thiazole rings is 1. The Morgan fingerprint density at radius 2 is 1.93 bits per heavy atom. The average molecular weight is 448 g/mol. The number of hydrogen-bond acceptors (Lipinski definition) is 10. The number of nitrogens with zero attached hydrogens (tertiary/aromatic N) is 3. The average Bonchev–Trinajstić information content (AvgIpc) is 3.23. The molecule has 0 unspecified atom stereocenters. The molecule has 1 fully saturated rings. The first-order chi connectivity index (χ1) is 14.7. The number of nitrogens with one attached hydrogen (secondary N) is 3. The third-order valence-corrected chi connectivity index (χ3v) is 6.42. The van der Waals surface area contributed by atoms with Crippen molar-refractivity contribution in [2.45, 2.75) is 56.0 Å². The molecular formula is C20H29N7OS2. The fraction of sp³-hybridized carbons (Fsp3) is 0.450. The Morgan fingerprint density at radius 1 is 1.13 bits per heavy atom. The molecule has 4 rings (SSSR count). The Kier molecular flexibility index (Phi) is 8.64. The van der Waals surface area contributed by atoms with E-state index in [4.69, 9.17) is 15.6 Å². The van der Waals surface area contributed by atoms with Crippen LogP contribution in [0.4, 0.5) is 10.9 Å². The summed E-state index contributed by atoms with van der Waals surface area (Å²) in [6, 6.07) is 6.57. The fourth-order valence-corrected chi connectivity index (χ4v) is 4.68. The van der Waals surface area contributed by atoms with Crippen molar-refractivity contribution in [1.82, 2.24) is 25.1 Å². The lowest BCUT2D eigenvalue weighted by molar-refractivity contribution is 0.143. The second-order valence-corrected chi connectivity index (χ2v) is 8.72. The minimum absolute atomic E-state index is 0.228. The molecule has 0 amide bonds. The van der Waals surface area contributed by atoms with Gasteiger partial charge in [0.15, 0.2) is 4.34 Å². The maximum atomic E-state index is 6.32. The summed E-state index contributed by atoms with van der Waals surface area (Å²) in [5.74, 6) is 6.64. The number of hydrazine groups is 1. The van der Waals surface area contributed by atoms with Gasteiger partial charge in [0, 0.05) is 29.6 Å². The minimum atomic E-state index is 0.228. The number of anilines is 2. The Morgan fingerprint density at radius 3 is 2.67 bits per heavy atom. The van der Waals surface area contributed by atoms with E-state index in [2.05, 4.69) is 25.4 Å². The van der Waals surface area contributed by atoms with E-state index < -0.39 is 0 Å². The molecule has 162 valence electrons. The van der Waals surface area contributed by atoms with Gasteiger partial charge in [-0.25, -0.2) is 15.0 Å². The van der Waals surface area contributed by atoms with E-state index in [0.717, 1.165) is 51.7 Å². The zero-order chi connectivity index (χ0) is 21.3. The molecule has 30 heavy (non-hydrogen) atoms. The summed E-state index contributed by atoms with van der Waals surface area (Å²) in [5.41, 5.74) is 0.818. The molecule has 1 aliphatic carbocycles. The Bertz CT molecular complexity index is 928. The number of hydrogen-bond donors (Lipinski definition) is 4. The van der Waals surface area contributed by atoms with Gasteiger partial charge in [-0.3, -0.25) is 5.84 Å². The van der Waals surface area contributed by atoms with Gasteiger partial charge in [-0.2, -0.15) is 4.83 Å². The van der Waals surface area contributed by atoms with Gasteiger partial charge in [-0.15, -0.1) is 0 Å². The summed E-state index contributed by atoms with van der Waals surface area (Å²) >= 11 is 2.74. The first kappa shape index (κ1) is 22.7. The van der Waals surface area contributed by atoms with Gasteiger partial charge in [0.2, 0.25) is 5.95 Å². The van der Waals surface area contributed by atoms with Crippen LogP contribution < -0.4 is 26.0 Å². The SMILES string of the molecule is CC.CNC1CCC(Oc2cccc3cnc(Nc4cnc(SNN)s4)nc23)CC1. The van der Waals surface area contributed by atoms with Crippen molar-refractivity contribution >= 4 is 45.1 Å². The van der Waals surface area contributed by atoms with E-state index in [0.29, 0.717) is 12.0 Å². The van der Waals surface area contributed by atoms with Crippen LogP contribution in [0.25, 0.3) is 10.9 Å². The lowest BCUT2D eigenvalue weighted by atomic mass is 9.93. The van der Waals surface area contributed by atoms with E-state index >= 15 is 0 Å². The highest BCUT2D eigenvalue weighted by atomic mass is 32.2. The number of benzene rings is 1. The van der Waals surface area contributed by atoms with Gasteiger partial charge >= 0.3 is 0 Å². The summed E-state index contributed by atoms with van der Waals surface area (Å²) in [6.07, 6.45) is 8.15. The van der Waals surface area contributed by atoms with Crippen LogP contribution in [0.3, 0.4) is 0 Å². The molecule has 0 atom stereocenters. The van der Waals surface area contributed by atoms with Gasteiger partial charge in [0.05, 0.1) is 12.3 Å². The molecule has 8 nitrogen and oxygen atoms in total. The van der Waals surface area contributed by atoms with Crippen molar-refractivity contribution in [3.05, 3.63) is 30.6 Å². The van der Waals surface area contributed by atoms with Crippen LogP contribution in [0.2, 0.25) is 0 Å². The normalized spacial score (nSPS) is 18.5. The van der Waals surface area contributed by atoms with Gasteiger partial charge in [0.1, 0.15) is 16.3 Å². The zero-order valence-corrected chi connectivity index (χ0v) is 19.1. The summed E-state index contributed by atoms with van der Waals surface area (Å²) in [4.78, 5) is 15.9. The topological polar surface area (TPSA) is 110 Å². The van der Waals surface area contributed by atoms with E-state index in [1.54, 1.807) is 6.20 Å². The molecule has 1 aliphatic rings. The van der Waals surface area contributed by atoms with Crippen molar-refractivity contribution in [3.8, 4) is 5.75 Å². The molecule has 1 aromatic carbocycles. The molecule has 0 bridgehead atoms. The third-order valence-electron chi connectivity index (χ3n) is 4.82. The maximum absolute atomic E-state index is 6.32. The Balaban J connectivity index is 0.00000124. The number of fused-ring (bicyclic) bond motifs is 1. The van der Waals surface area contributed by atoms with Crippen molar-refractivity contribution < 1.29 is 4.74 Å². The zero-order valence-electron chi connectivity index (χ0n) is 17.5. The molecule has 0 aliphatic heterocycles. The molecule has 5 N–H and O–H groups in total. The van der Waals surface area contributed by atoms with Crippen LogP contribution in [0, 0.1) is 0 Å². The quantitative estimate of drug-likeness (QED) is 0.240. The van der Waals surface area contributed by atoms with Crippen LogP contribution in [0.1, 0.15) is 39.5 Å². The molecule has 2 aromatic heterocycles. The summed E-state index contributed by atoms with van der Waals surface area (Å²) < 4.78 is 7.13. The molecular weight excluding hydrogens is 418 g/mol. The summed E-state index contributed by atoms with van der Waals surface area (Å²) in [6.45, 7) is 4.00. The number of aromatic nitrogens is 3. The lowest BCUT2D eigenvalue weighted by Crippen LogP contribution is -2.34. The smallest absolute Gasteiger partial charge is 0.228 e. The highest BCUT2D eigenvalue weighted by Crippen LogP contribution is 2.31. The van der Waals surface area contributed by atoms with Crippen molar-refractivity contribution in [2.24, 2.45) is 5.84 Å². The van der Waals surface area contributed by atoms with Crippen LogP contribution in [-0.2, 0) is 0 Å². The highest BCUT2D eigenvalue weighted by Gasteiger charge is 2.22. The van der Waals surface area contributed by atoms with Gasteiger partial charge in [-0.05, 0) is 38.8 Å². The van der Waals surface area contributed by atoms with E-state index in [1.165, 1.54) is 23.3 Å². The number of rotatable bonds is 7. The highest BCUT2D eigenvalue weighted by molar-refractivity contribution is 7.99. The Labute approximate surface area is 185 Å². The van der Waals surface area contributed by atoms with Gasteiger partial charge < -0.3 is 15.4 Å². The molecule has 0 spiro atoms. The maximum Gasteiger partial charge on any atom is 0.228 e. The van der Waals surface area contributed by atoms with Gasteiger partial charge in [0.25, 0.3) is 0 Å². The van der Waals surface area contributed by atoms with Crippen LogP contribution in [-0.4, -0.2) is 34.1 Å². The number of ether oxygens (including phenoxy) is 1. The number of para-hydroxylation sites is 1. The van der Waals surface area contributed by atoms with E-state index in [1.807, 2.05) is 45.3 Å². The first-order valence-electron chi connectivity index (χ1n) is 10.2. The van der Waals surface area contributed by atoms with E-state index in [-0.39, 0.29) is 6.10 Å². The monoisotopic (exact) mass is 447 g/mol. The first-order valence-corrected chi connectivity index (χ1v) is 11.8. The summed E-state index contributed by atoms with van der Waals surface area (Å²) in [5, 5.41) is 8.37. The molecule has 3 aromatic rings. The third kappa shape index (κ3) is 5.79. The van der Waals surface area contributed by atoms with Crippen LogP contribution in [0.15, 0.2) is 34.9 Å². The second-order valence-electron chi connectivity index (χ2n) is 6.60. The van der Waals surface area contributed by atoms with Crippen molar-refractivity contribution in [1.29, 1.82) is 0 Å². The van der Waals surface area contributed by atoms with Crippen LogP contribution >= 0.6 is 23.3 Å². The molecule has 1 saturated carbocycles. The predicted octanol–water partition coefficient (Wildman–Crippen LogP) is 4.24. The largest absolute Gasteiger partial charge is 0.488 e.